The van der Waals surface area contributed by atoms with Crippen LogP contribution in [0.1, 0.15) is 13.8 Å². The minimum Gasteiger partial charge on any atom is -0.223 e. The first kappa shape index (κ1) is 7.47. The molecule has 2 nitrogen and oxygen atoms in total. The number of hydrogen-bond donors (Lipinski definition) is 0. The van der Waals surface area contributed by atoms with E-state index in [1.807, 2.05) is 12.1 Å². The van der Waals surface area contributed by atoms with Crippen LogP contribution in [0.3, 0.4) is 0 Å². The molecule has 0 fully saturated rings. The summed E-state index contributed by atoms with van der Waals surface area (Å²) in [6.07, 6.45) is 2.08. The quantitative estimate of drug-likeness (QED) is 0.558. The molecule has 0 saturated carbocycles. The maximum atomic E-state index is 4.53. The van der Waals surface area contributed by atoms with Gasteiger partial charge in [-0.3, -0.25) is 0 Å². The van der Waals surface area contributed by atoms with E-state index in [1.165, 1.54) is 5.71 Å². The van der Waals surface area contributed by atoms with E-state index in [2.05, 4.69) is 35.7 Å². The molecule has 0 saturated heterocycles. The van der Waals surface area contributed by atoms with Gasteiger partial charge < -0.3 is 0 Å². The first-order valence-electron chi connectivity index (χ1n) is 4.33. The topological polar surface area (TPSA) is 16.2 Å². The molecule has 0 aromatic carbocycles. The third kappa shape index (κ3) is 1.13. The van der Waals surface area contributed by atoms with Crippen LogP contribution >= 0.6 is 0 Å². The second-order valence-electron chi connectivity index (χ2n) is 3.44. The molecule has 1 aromatic heterocycles. The molecule has 62 valence electrons. The zero-order chi connectivity index (χ0) is 8.55. The smallest absolute Gasteiger partial charge is 0.223 e. The van der Waals surface area contributed by atoms with Crippen LogP contribution in [0.5, 0.6) is 0 Å². The summed E-state index contributed by atoms with van der Waals surface area (Å²) in [6, 6.07) is 6.12. The van der Waals surface area contributed by atoms with Crippen molar-refractivity contribution in [2.75, 3.05) is 0 Å². The lowest BCUT2D eigenvalue weighted by Gasteiger charge is -1.95. The van der Waals surface area contributed by atoms with Gasteiger partial charge in [-0.15, -0.1) is 0 Å². The molecular formula is C10H13N2+. The fourth-order valence-electron chi connectivity index (χ4n) is 1.37. The summed E-state index contributed by atoms with van der Waals surface area (Å²) in [5.41, 5.74) is 1.28. The van der Waals surface area contributed by atoms with E-state index < -0.39 is 0 Å². The van der Waals surface area contributed by atoms with Gasteiger partial charge in [-0.2, -0.15) is 0 Å². The highest BCUT2D eigenvalue weighted by Gasteiger charge is 2.24. The largest absolute Gasteiger partial charge is 0.323 e. The highest BCUT2D eigenvalue weighted by Crippen LogP contribution is 2.13. The third-order valence-corrected chi connectivity index (χ3v) is 2.17. The maximum absolute atomic E-state index is 4.53. The van der Waals surface area contributed by atoms with Gasteiger partial charge >= 0.3 is 5.82 Å². The van der Waals surface area contributed by atoms with Gasteiger partial charge in [0.05, 0.1) is 6.20 Å². The average Bonchev–Trinajstić information content (AvgIpc) is 2.46. The molecule has 1 aliphatic rings. The Balaban J connectivity index is 2.35. The minimum atomic E-state index is 0.560. The van der Waals surface area contributed by atoms with Gasteiger partial charge in [0.15, 0.2) is 12.3 Å². The number of aromatic nitrogens is 1. The van der Waals surface area contributed by atoms with Crippen molar-refractivity contribution in [3.8, 4) is 0 Å². The van der Waals surface area contributed by atoms with Crippen LogP contribution in [0.15, 0.2) is 29.4 Å². The van der Waals surface area contributed by atoms with Crippen molar-refractivity contribution < 1.29 is 4.57 Å². The van der Waals surface area contributed by atoms with E-state index in [9.17, 15) is 0 Å². The Labute approximate surface area is 72.6 Å². The number of fused-ring (bicyclic) bond motifs is 1. The van der Waals surface area contributed by atoms with E-state index in [4.69, 9.17) is 0 Å². The van der Waals surface area contributed by atoms with Crippen LogP contribution < -0.4 is 4.57 Å². The monoisotopic (exact) mass is 161 g/mol. The van der Waals surface area contributed by atoms with Crippen molar-refractivity contribution in [3.63, 3.8) is 0 Å². The maximum Gasteiger partial charge on any atom is 0.323 e. The predicted molar refractivity (Wildman–Crippen MR) is 48.6 cm³/mol. The summed E-state index contributed by atoms with van der Waals surface area (Å²) in [5, 5.41) is 0. The van der Waals surface area contributed by atoms with Crippen molar-refractivity contribution in [2.24, 2.45) is 10.9 Å². The van der Waals surface area contributed by atoms with Gasteiger partial charge in [-0.05, 0) is 11.1 Å². The van der Waals surface area contributed by atoms with Crippen molar-refractivity contribution in [1.82, 2.24) is 0 Å². The first-order valence-corrected chi connectivity index (χ1v) is 4.33. The van der Waals surface area contributed by atoms with Gasteiger partial charge in [-0.1, -0.05) is 19.9 Å². The number of hydrogen-bond acceptors (Lipinski definition) is 1. The fourth-order valence-corrected chi connectivity index (χ4v) is 1.37. The fraction of sp³-hybridized carbons (Fsp3) is 0.400. The summed E-state index contributed by atoms with van der Waals surface area (Å²) in [7, 11) is 0. The normalized spacial score (nSPS) is 14.8. The lowest BCUT2D eigenvalue weighted by molar-refractivity contribution is -0.664. The highest BCUT2D eigenvalue weighted by molar-refractivity contribution is 5.88. The second kappa shape index (κ2) is 2.70. The van der Waals surface area contributed by atoms with Crippen LogP contribution in [0.2, 0.25) is 0 Å². The van der Waals surface area contributed by atoms with Gasteiger partial charge in [0, 0.05) is 12.0 Å². The molecule has 1 aliphatic heterocycles. The van der Waals surface area contributed by atoms with Crippen molar-refractivity contribution in [3.05, 3.63) is 24.4 Å². The first-order chi connectivity index (χ1) is 5.77. The molecular weight excluding hydrogens is 148 g/mol. The molecule has 0 atom stereocenters. The van der Waals surface area contributed by atoms with Gasteiger partial charge in [0.1, 0.15) is 0 Å². The number of rotatable bonds is 1. The molecule has 12 heavy (non-hydrogen) atoms. The standard InChI is InChI=1S/C10H13N2/c1-8(2)9-7-12-6-4-3-5-10(12)11-9/h3-6,8H,7H2,1-2H3/q+1. The van der Waals surface area contributed by atoms with E-state index in [-0.39, 0.29) is 0 Å². The Hall–Kier alpha value is -1.18. The molecule has 2 rings (SSSR count). The van der Waals surface area contributed by atoms with Gasteiger partial charge in [-0.25, -0.2) is 4.57 Å². The van der Waals surface area contributed by atoms with Crippen LogP contribution in [0.25, 0.3) is 0 Å². The molecule has 0 amide bonds. The molecule has 2 heterocycles. The van der Waals surface area contributed by atoms with Crippen LogP contribution in [0, 0.1) is 5.92 Å². The molecule has 0 bridgehead atoms. The second-order valence-corrected chi connectivity index (χ2v) is 3.44. The summed E-state index contributed by atoms with van der Waals surface area (Å²) in [6.45, 7) is 5.34. The van der Waals surface area contributed by atoms with Gasteiger partial charge in [0.25, 0.3) is 0 Å². The lowest BCUT2D eigenvalue weighted by atomic mass is 10.1. The van der Waals surface area contributed by atoms with E-state index in [0.29, 0.717) is 5.92 Å². The number of nitrogens with zero attached hydrogens (tertiary/aromatic N) is 2. The molecule has 0 radical (unpaired) electrons. The van der Waals surface area contributed by atoms with Gasteiger partial charge in [0.2, 0.25) is 0 Å². The molecule has 1 aromatic rings. The lowest BCUT2D eigenvalue weighted by Crippen LogP contribution is -2.33. The summed E-state index contributed by atoms with van der Waals surface area (Å²) in [5.74, 6) is 1.64. The number of aliphatic imine (C=N–C) groups is 1. The summed E-state index contributed by atoms with van der Waals surface area (Å²) in [4.78, 5) is 4.53. The Morgan fingerprint density at radius 2 is 2.25 bits per heavy atom. The molecule has 2 heteroatoms. The summed E-state index contributed by atoms with van der Waals surface area (Å²) >= 11 is 0. The third-order valence-electron chi connectivity index (χ3n) is 2.17. The Morgan fingerprint density at radius 1 is 1.42 bits per heavy atom. The Bertz CT molecular complexity index is 326. The average molecular weight is 161 g/mol. The van der Waals surface area contributed by atoms with Crippen LogP contribution in [0.4, 0.5) is 5.82 Å². The Kier molecular flexibility index (Phi) is 1.68. The number of pyridine rings is 1. The van der Waals surface area contributed by atoms with Crippen molar-refractivity contribution in [2.45, 2.75) is 20.4 Å². The zero-order valence-electron chi connectivity index (χ0n) is 7.49. The SMILES string of the molecule is CC(C)C1=Nc2cccc[n+]2C1. The van der Waals surface area contributed by atoms with E-state index >= 15 is 0 Å². The minimum absolute atomic E-state index is 0.560. The van der Waals surface area contributed by atoms with Crippen molar-refractivity contribution >= 4 is 11.5 Å². The van der Waals surface area contributed by atoms with E-state index in [0.717, 1.165) is 12.4 Å². The molecule has 0 N–H and O–H groups in total. The summed E-state index contributed by atoms with van der Waals surface area (Å²) < 4.78 is 2.18. The molecule has 0 aliphatic carbocycles. The Morgan fingerprint density at radius 3 is 2.92 bits per heavy atom. The van der Waals surface area contributed by atoms with Crippen molar-refractivity contribution in [1.29, 1.82) is 0 Å². The molecule has 0 unspecified atom stereocenters. The van der Waals surface area contributed by atoms with Crippen LogP contribution in [-0.2, 0) is 6.54 Å². The molecule has 0 spiro atoms. The predicted octanol–water partition coefficient (Wildman–Crippen LogP) is 1.72. The van der Waals surface area contributed by atoms with Crippen LogP contribution in [-0.4, -0.2) is 5.71 Å². The zero-order valence-corrected chi connectivity index (χ0v) is 7.49. The highest BCUT2D eigenvalue weighted by atomic mass is 15.1. The van der Waals surface area contributed by atoms with E-state index in [1.54, 1.807) is 0 Å².